The first-order chi connectivity index (χ1) is 12.2. The van der Waals surface area contributed by atoms with Gasteiger partial charge in [0, 0.05) is 6.54 Å². The number of hydrogen-bond donors (Lipinski definition) is 2. The molecule has 0 aromatic carbocycles. The molecule has 0 aromatic heterocycles. The molecule has 26 heavy (non-hydrogen) atoms. The van der Waals surface area contributed by atoms with Gasteiger partial charge in [-0.15, -0.1) is 0 Å². The molecule has 0 saturated heterocycles. The van der Waals surface area contributed by atoms with Crippen molar-refractivity contribution < 1.29 is 14.7 Å². The van der Waals surface area contributed by atoms with Crippen LogP contribution >= 0.6 is 0 Å². The summed E-state index contributed by atoms with van der Waals surface area (Å²) in [7, 11) is 0. The van der Waals surface area contributed by atoms with Crippen molar-refractivity contribution >= 4 is 11.9 Å². The van der Waals surface area contributed by atoms with E-state index in [2.05, 4.69) is 0 Å². The van der Waals surface area contributed by atoms with Crippen molar-refractivity contribution in [3.63, 3.8) is 0 Å². The third-order valence-corrected chi connectivity index (χ3v) is 4.17. The Bertz CT molecular complexity index is 598. The molecule has 0 aliphatic carbocycles. The molecule has 0 spiro atoms. The van der Waals surface area contributed by atoms with Crippen molar-refractivity contribution in [2.45, 2.75) is 46.2 Å². The van der Waals surface area contributed by atoms with Crippen molar-refractivity contribution in [3.8, 4) is 0 Å². The Morgan fingerprint density at radius 2 is 1.46 bits per heavy atom. The molecule has 0 aliphatic heterocycles. The van der Waals surface area contributed by atoms with Crippen LogP contribution in [0.5, 0.6) is 0 Å². The maximum atomic E-state index is 12.5. The molecule has 1 amide bonds. The number of carboxylic acid groups (broad SMARTS) is 1. The van der Waals surface area contributed by atoms with E-state index in [0.717, 1.165) is 0 Å². The molecule has 0 bridgehead atoms. The second-order valence-electron chi connectivity index (χ2n) is 6.45. The lowest BCUT2D eigenvalue weighted by Crippen LogP contribution is -2.61. The van der Waals surface area contributed by atoms with Crippen LogP contribution in [0.1, 0.15) is 34.6 Å². The van der Waals surface area contributed by atoms with Crippen molar-refractivity contribution in [3.05, 3.63) is 60.8 Å². The van der Waals surface area contributed by atoms with E-state index in [4.69, 9.17) is 5.73 Å². The number of allylic oxidation sites excluding steroid dienone is 9. The third-order valence-electron chi connectivity index (χ3n) is 4.17. The second-order valence-corrected chi connectivity index (χ2v) is 6.45. The van der Waals surface area contributed by atoms with E-state index in [1.165, 1.54) is 4.90 Å². The van der Waals surface area contributed by atoms with Crippen LogP contribution in [0.15, 0.2) is 60.8 Å². The van der Waals surface area contributed by atoms with E-state index in [0.29, 0.717) is 0 Å². The summed E-state index contributed by atoms with van der Waals surface area (Å²) in [6, 6.07) is -0.761. The molecular weight excluding hydrogens is 328 g/mol. The lowest BCUT2D eigenvalue weighted by molar-refractivity contribution is -0.161. The smallest absolute Gasteiger partial charge is 0.329 e. The van der Waals surface area contributed by atoms with Gasteiger partial charge in [0.25, 0.3) is 0 Å². The Morgan fingerprint density at radius 1 is 1.00 bits per heavy atom. The highest BCUT2D eigenvalue weighted by Crippen LogP contribution is 2.26. The van der Waals surface area contributed by atoms with E-state index in [1.54, 1.807) is 39.8 Å². The van der Waals surface area contributed by atoms with Crippen LogP contribution in [0.4, 0.5) is 0 Å². The van der Waals surface area contributed by atoms with Crippen molar-refractivity contribution in [2.75, 3.05) is 6.54 Å². The number of amides is 1. The maximum absolute atomic E-state index is 12.5. The molecule has 144 valence electrons. The van der Waals surface area contributed by atoms with Gasteiger partial charge in [0.1, 0.15) is 5.54 Å². The fourth-order valence-corrected chi connectivity index (χ4v) is 2.17. The Balaban J connectivity index is 5.12. The minimum Gasteiger partial charge on any atom is -0.479 e. The van der Waals surface area contributed by atoms with Gasteiger partial charge in [-0.1, -0.05) is 74.6 Å². The quantitative estimate of drug-likeness (QED) is 0.584. The largest absolute Gasteiger partial charge is 0.479 e. The minimum absolute atomic E-state index is 0.177. The van der Waals surface area contributed by atoms with E-state index >= 15 is 0 Å². The summed E-state index contributed by atoms with van der Waals surface area (Å²) in [4.78, 5) is 25.6. The molecule has 0 saturated carbocycles. The van der Waals surface area contributed by atoms with Crippen LogP contribution in [-0.4, -0.2) is 40.0 Å². The maximum Gasteiger partial charge on any atom is 0.329 e. The summed E-state index contributed by atoms with van der Waals surface area (Å²) >= 11 is 0. The van der Waals surface area contributed by atoms with Gasteiger partial charge >= 0.3 is 5.97 Å². The molecule has 2 atom stereocenters. The number of carbonyl (C=O) groups excluding carboxylic acids is 1. The molecule has 5 heteroatoms. The molecular formula is C21H32N2O3. The topological polar surface area (TPSA) is 83.6 Å². The van der Waals surface area contributed by atoms with Crippen molar-refractivity contribution in [2.24, 2.45) is 11.7 Å². The predicted octanol–water partition coefficient (Wildman–Crippen LogP) is 3.46. The molecule has 0 aliphatic rings. The molecule has 0 rings (SSSR count). The summed E-state index contributed by atoms with van der Waals surface area (Å²) in [6.45, 7) is 8.82. The number of rotatable bonds is 10. The molecule has 0 fully saturated rings. The second kappa shape index (κ2) is 12.0. The van der Waals surface area contributed by atoms with E-state index in [9.17, 15) is 14.7 Å². The van der Waals surface area contributed by atoms with Crippen LogP contribution < -0.4 is 5.73 Å². The number of carbonyl (C=O) groups is 2. The average Bonchev–Trinajstić information content (AvgIpc) is 2.58. The predicted molar refractivity (Wildman–Crippen MR) is 108 cm³/mol. The highest BCUT2D eigenvalue weighted by Gasteiger charge is 2.45. The summed E-state index contributed by atoms with van der Waals surface area (Å²) in [5, 5.41) is 9.67. The minimum atomic E-state index is -1.32. The Morgan fingerprint density at radius 3 is 1.85 bits per heavy atom. The Kier molecular flexibility index (Phi) is 10.9. The van der Waals surface area contributed by atoms with Gasteiger partial charge in [0.2, 0.25) is 5.91 Å². The van der Waals surface area contributed by atoms with Gasteiger partial charge in [-0.2, -0.15) is 0 Å². The van der Waals surface area contributed by atoms with Gasteiger partial charge in [-0.3, -0.25) is 4.79 Å². The molecule has 0 heterocycles. The molecule has 3 N–H and O–H groups in total. The monoisotopic (exact) mass is 360 g/mol. The average molecular weight is 360 g/mol. The van der Waals surface area contributed by atoms with Crippen LogP contribution in [0.3, 0.4) is 0 Å². The van der Waals surface area contributed by atoms with Crippen LogP contribution in [0.2, 0.25) is 0 Å². The van der Waals surface area contributed by atoms with Gasteiger partial charge < -0.3 is 15.7 Å². The summed E-state index contributed by atoms with van der Waals surface area (Å²) in [5.74, 6) is -1.69. The number of hydrogen-bond acceptors (Lipinski definition) is 3. The zero-order valence-electron chi connectivity index (χ0n) is 16.4. The highest BCUT2D eigenvalue weighted by molar-refractivity contribution is 5.89. The molecule has 0 unspecified atom stereocenters. The summed E-state index contributed by atoms with van der Waals surface area (Å²) < 4.78 is 0. The van der Waals surface area contributed by atoms with Crippen molar-refractivity contribution in [1.29, 1.82) is 0 Å². The lowest BCUT2D eigenvalue weighted by Gasteiger charge is -2.41. The Labute approximate surface area is 157 Å². The van der Waals surface area contributed by atoms with Gasteiger partial charge in [-0.25, -0.2) is 4.79 Å². The van der Waals surface area contributed by atoms with E-state index in [-0.39, 0.29) is 18.4 Å². The summed E-state index contributed by atoms with van der Waals surface area (Å²) in [6.07, 6.45) is 18.7. The van der Waals surface area contributed by atoms with E-state index in [1.807, 2.05) is 55.5 Å². The van der Waals surface area contributed by atoms with Crippen LogP contribution in [0.25, 0.3) is 0 Å². The number of aliphatic carboxylic acids is 1. The first-order valence-corrected chi connectivity index (χ1v) is 8.77. The number of nitrogens with zero attached hydrogens (tertiary/aromatic N) is 1. The fourth-order valence-electron chi connectivity index (χ4n) is 2.17. The lowest BCUT2D eigenvalue weighted by atomic mass is 9.86. The number of carboxylic acids is 1. The highest BCUT2D eigenvalue weighted by atomic mass is 16.4. The summed E-state index contributed by atoms with van der Waals surface area (Å²) in [5.41, 5.74) is 4.39. The standard InChI is InChI=1S/C21H32N2O3/c1-6-7-8-9-10-11-12-13-14-15-16-23(19(24)18(4)22)21(5,17(2)3)20(25)26/h6-15,17-18H,16,22H2,1-5H3,(H,25,26)/t18-,21-/m0/s1. The molecule has 5 nitrogen and oxygen atoms in total. The molecule has 0 radical (unpaired) electrons. The van der Waals surface area contributed by atoms with Gasteiger partial charge in [-0.05, 0) is 26.7 Å². The molecule has 0 aromatic rings. The normalized spacial score (nSPS) is 16.4. The zero-order valence-corrected chi connectivity index (χ0v) is 16.4. The third kappa shape index (κ3) is 7.23. The SMILES string of the molecule is CC=CC=CC=CC=CC=CCN(C(=O)[C@H](C)N)[C@](C)(C(=O)O)C(C)C. The number of nitrogens with two attached hydrogens (primary N) is 1. The first kappa shape index (κ1) is 23.6. The van der Waals surface area contributed by atoms with Crippen LogP contribution in [0, 0.1) is 5.92 Å². The van der Waals surface area contributed by atoms with Gasteiger partial charge in [0.15, 0.2) is 0 Å². The van der Waals surface area contributed by atoms with Crippen molar-refractivity contribution in [1.82, 2.24) is 4.90 Å². The zero-order chi connectivity index (χ0) is 20.2. The van der Waals surface area contributed by atoms with E-state index < -0.39 is 17.6 Å². The van der Waals surface area contributed by atoms with Gasteiger partial charge in [0.05, 0.1) is 6.04 Å². The van der Waals surface area contributed by atoms with Crippen LogP contribution in [-0.2, 0) is 9.59 Å². The fraction of sp³-hybridized carbons (Fsp3) is 0.429. The first-order valence-electron chi connectivity index (χ1n) is 8.77. The Hall–Kier alpha value is -2.40.